The van der Waals surface area contributed by atoms with Gasteiger partial charge in [-0.3, -0.25) is 9.69 Å². The second-order valence-electron chi connectivity index (χ2n) is 5.31. The van der Waals surface area contributed by atoms with Gasteiger partial charge >= 0.3 is 0 Å². The highest BCUT2D eigenvalue weighted by molar-refractivity contribution is 5.92. The molecule has 3 nitrogen and oxygen atoms in total. The van der Waals surface area contributed by atoms with Crippen LogP contribution in [-0.4, -0.2) is 24.4 Å². The fraction of sp³-hybridized carbons (Fsp3) is 0.235. The lowest BCUT2D eigenvalue weighted by atomic mass is 10.2. The van der Waals surface area contributed by atoms with Crippen LogP contribution in [0.2, 0.25) is 0 Å². The zero-order valence-corrected chi connectivity index (χ0v) is 12.6. The first kappa shape index (κ1) is 16.1. The number of halogens is 2. The monoisotopic (exact) mass is 304 g/mol. The molecule has 2 aromatic rings. The van der Waals surface area contributed by atoms with E-state index in [1.807, 2.05) is 0 Å². The Balaban J connectivity index is 1.89. The summed E-state index contributed by atoms with van der Waals surface area (Å²) >= 11 is 0. The van der Waals surface area contributed by atoms with Gasteiger partial charge in [0.25, 0.3) is 0 Å². The van der Waals surface area contributed by atoms with Crippen LogP contribution < -0.4 is 5.32 Å². The highest BCUT2D eigenvalue weighted by Crippen LogP contribution is 2.13. The molecule has 0 heterocycles. The zero-order chi connectivity index (χ0) is 16.1. The van der Waals surface area contributed by atoms with E-state index in [-0.39, 0.29) is 24.1 Å². The molecule has 2 rings (SSSR count). The third kappa shape index (κ3) is 4.63. The van der Waals surface area contributed by atoms with Crippen LogP contribution in [0.1, 0.15) is 11.1 Å². The van der Waals surface area contributed by atoms with E-state index >= 15 is 0 Å². The lowest BCUT2D eigenvalue weighted by Crippen LogP contribution is -2.29. The molecule has 0 radical (unpaired) electrons. The molecule has 2 aromatic carbocycles. The van der Waals surface area contributed by atoms with Gasteiger partial charge in [-0.25, -0.2) is 8.78 Å². The van der Waals surface area contributed by atoms with Gasteiger partial charge in [0, 0.05) is 12.2 Å². The predicted molar refractivity (Wildman–Crippen MR) is 82.5 cm³/mol. The van der Waals surface area contributed by atoms with Crippen molar-refractivity contribution in [2.75, 3.05) is 18.9 Å². The van der Waals surface area contributed by atoms with Crippen molar-refractivity contribution in [3.8, 4) is 0 Å². The summed E-state index contributed by atoms with van der Waals surface area (Å²) in [6, 6.07) is 10.8. The molecule has 0 saturated heterocycles. The molecule has 1 N–H and O–H groups in total. The van der Waals surface area contributed by atoms with Crippen molar-refractivity contribution >= 4 is 11.6 Å². The largest absolute Gasteiger partial charge is 0.325 e. The van der Waals surface area contributed by atoms with Gasteiger partial charge in [0.15, 0.2) is 0 Å². The van der Waals surface area contributed by atoms with Gasteiger partial charge in [0.1, 0.15) is 11.6 Å². The second-order valence-corrected chi connectivity index (χ2v) is 5.31. The van der Waals surface area contributed by atoms with E-state index in [1.54, 1.807) is 43.1 Å². The van der Waals surface area contributed by atoms with Crippen LogP contribution in [0, 0.1) is 18.6 Å². The number of rotatable bonds is 5. The number of anilines is 1. The van der Waals surface area contributed by atoms with Crippen LogP contribution in [0.25, 0.3) is 0 Å². The molecule has 5 heteroatoms. The van der Waals surface area contributed by atoms with Crippen molar-refractivity contribution in [2.45, 2.75) is 13.5 Å². The number of carbonyl (C=O) groups excluding carboxylic acids is 1. The van der Waals surface area contributed by atoms with E-state index in [0.29, 0.717) is 17.8 Å². The maximum atomic E-state index is 13.4. The van der Waals surface area contributed by atoms with Gasteiger partial charge in [-0.2, -0.15) is 0 Å². The van der Waals surface area contributed by atoms with Gasteiger partial charge < -0.3 is 5.32 Å². The summed E-state index contributed by atoms with van der Waals surface area (Å²) in [5, 5.41) is 2.64. The molecule has 0 fully saturated rings. The normalized spacial score (nSPS) is 10.8. The van der Waals surface area contributed by atoms with Gasteiger partial charge in [0.05, 0.1) is 6.54 Å². The quantitative estimate of drug-likeness (QED) is 0.919. The maximum Gasteiger partial charge on any atom is 0.238 e. The Labute approximate surface area is 128 Å². The topological polar surface area (TPSA) is 32.3 Å². The van der Waals surface area contributed by atoms with E-state index in [1.165, 1.54) is 18.2 Å². The van der Waals surface area contributed by atoms with Crippen LogP contribution in [0.3, 0.4) is 0 Å². The molecule has 116 valence electrons. The Kier molecular flexibility index (Phi) is 5.22. The molecule has 0 unspecified atom stereocenters. The molecule has 1 amide bonds. The average Bonchev–Trinajstić information content (AvgIpc) is 2.42. The van der Waals surface area contributed by atoms with Crippen molar-refractivity contribution in [3.63, 3.8) is 0 Å². The Bertz CT molecular complexity index is 673. The Morgan fingerprint density at radius 2 is 1.95 bits per heavy atom. The summed E-state index contributed by atoms with van der Waals surface area (Å²) in [6.07, 6.45) is 0. The van der Waals surface area contributed by atoms with Crippen molar-refractivity contribution in [1.29, 1.82) is 0 Å². The Morgan fingerprint density at radius 3 is 2.64 bits per heavy atom. The van der Waals surface area contributed by atoms with Gasteiger partial charge in [-0.05, 0) is 49.4 Å². The first-order valence-corrected chi connectivity index (χ1v) is 6.93. The molecule has 0 saturated carbocycles. The van der Waals surface area contributed by atoms with Crippen LogP contribution in [-0.2, 0) is 11.3 Å². The zero-order valence-electron chi connectivity index (χ0n) is 12.6. The maximum absolute atomic E-state index is 13.4. The molecule has 0 bridgehead atoms. The van der Waals surface area contributed by atoms with Crippen molar-refractivity contribution < 1.29 is 13.6 Å². The molecule has 0 aliphatic heterocycles. The van der Waals surface area contributed by atoms with E-state index in [4.69, 9.17) is 0 Å². The third-order valence-electron chi connectivity index (χ3n) is 3.21. The van der Waals surface area contributed by atoms with E-state index in [0.717, 1.165) is 5.56 Å². The number of nitrogens with zero attached hydrogens (tertiary/aromatic N) is 1. The van der Waals surface area contributed by atoms with Gasteiger partial charge in [-0.15, -0.1) is 0 Å². The van der Waals surface area contributed by atoms with Crippen molar-refractivity contribution in [3.05, 3.63) is 65.2 Å². The number of hydrogen-bond donors (Lipinski definition) is 1. The summed E-state index contributed by atoms with van der Waals surface area (Å²) in [5.41, 5.74) is 1.74. The number of nitrogens with one attached hydrogen (secondary N) is 1. The summed E-state index contributed by atoms with van der Waals surface area (Å²) in [4.78, 5) is 13.7. The smallest absolute Gasteiger partial charge is 0.238 e. The van der Waals surface area contributed by atoms with Crippen molar-refractivity contribution in [1.82, 2.24) is 4.90 Å². The van der Waals surface area contributed by atoms with Gasteiger partial charge in [-0.1, -0.05) is 18.2 Å². The summed E-state index contributed by atoms with van der Waals surface area (Å²) in [7, 11) is 1.76. The highest BCUT2D eigenvalue weighted by Gasteiger charge is 2.09. The molecule has 22 heavy (non-hydrogen) atoms. The lowest BCUT2D eigenvalue weighted by molar-refractivity contribution is -0.117. The second kappa shape index (κ2) is 7.13. The minimum absolute atomic E-state index is 0.131. The van der Waals surface area contributed by atoms with Crippen molar-refractivity contribution in [2.24, 2.45) is 0 Å². The fourth-order valence-electron chi connectivity index (χ4n) is 2.12. The minimum atomic E-state index is -0.356. The minimum Gasteiger partial charge on any atom is -0.325 e. The molecular formula is C17H18F2N2O. The molecular weight excluding hydrogens is 286 g/mol. The number of likely N-dealkylation sites (N-methyl/N-ethyl adjacent to an activating group) is 1. The summed E-state index contributed by atoms with van der Waals surface area (Å²) in [5.74, 6) is -0.904. The fourth-order valence-corrected chi connectivity index (χ4v) is 2.12. The number of benzene rings is 2. The van der Waals surface area contributed by atoms with Crippen LogP contribution >= 0.6 is 0 Å². The van der Waals surface area contributed by atoms with Crippen LogP contribution in [0.5, 0.6) is 0 Å². The molecule has 0 aliphatic rings. The highest BCUT2D eigenvalue weighted by atomic mass is 19.1. The number of aryl methyl sites for hydroxylation is 1. The molecule has 0 atom stereocenters. The van der Waals surface area contributed by atoms with Crippen LogP contribution in [0.4, 0.5) is 14.5 Å². The first-order valence-electron chi connectivity index (χ1n) is 6.93. The van der Waals surface area contributed by atoms with E-state index in [9.17, 15) is 13.6 Å². The first-order chi connectivity index (χ1) is 10.4. The van der Waals surface area contributed by atoms with E-state index in [2.05, 4.69) is 5.32 Å². The molecule has 0 spiro atoms. The van der Waals surface area contributed by atoms with Crippen LogP contribution in [0.15, 0.2) is 42.5 Å². The summed E-state index contributed by atoms with van der Waals surface area (Å²) < 4.78 is 26.5. The standard InChI is InChI=1S/C17H18F2N2O/c1-12-6-7-15(9-16(12)19)20-17(22)11-21(2)10-13-4-3-5-14(18)8-13/h3-9H,10-11H2,1-2H3,(H,20,22). The molecule has 0 aliphatic carbocycles. The van der Waals surface area contributed by atoms with Gasteiger partial charge in [0.2, 0.25) is 5.91 Å². The number of hydrogen-bond acceptors (Lipinski definition) is 2. The predicted octanol–water partition coefficient (Wildman–Crippen LogP) is 3.34. The number of amides is 1. The lowest BCUT2D eigenvalue weighted by Gasteiger charge is -2.16. The summed E-state index contributed by atoms with van der Waals surface area (Å²) in [6.45, 7) is 2.24. The SMILES string of the molecule is Cc1ccc(NC(=O)CN(C)Cc2cccc(F)c2)cc1F. The van der Waals surface area contributed by atoms with E-state index < -0.39 is 0 Å². The average molecular weight is 304 g/mol. The Hall–Kier alpha value is -2.27. The third-order valence-corrected chi connectivity index (χ3v) is 3.21. The molecule has 0 aromatic heterocycles. The number of carbonyl (C=O) groups is 1. The Morgan fingerprint density at radius 1 is 1.18 bits per heavy atom.